The zero-order chi connectivity index (χ0) is 33.6. The summed E-state index contributed by atoms with van der Waals surface area (Å²) in [4.78, 5) is 41.0. The Kier molecular flexibility index (Phi) is 9.45. The van der Waals surface area contributed by atoms with Gasteiger partial charge in [-0.25, -0.2) is 4.79 Å². The number of rotatable bonds is 11. The van der Waals surface area contributed by atoms with Gasteiger partial charge in [-0.15, -0.1) is 0 Å². The van der Waals surface area contributed by atoms with Gasteiger partial charge in [0.2, 0.25) is 11.3 Å². The number of amides is 1. The van der Waals surface area contributed by atoms with Gasteiger partial charge in [-0.05, 0) is 48.0 Å². The Bertz CT molecular complexity index is 2090. The van der Waals surface area contributed by atoms with Gasteiger partial charge in [-0.3, -0.25) is 14.5 Å². The maximum absolute atomic E-state index is 14.3. The van der Waals surface area contributed by atoms with Crippen LogP contribution in [0.1, 0.15) is 45.6 Å². The number of carbonyl (C=O) groups excluding carboxylic acids is 1. The van der Waals surface area contributed by atoms with E-state index >= 15 is 0 Å². The molecule has 0 fully saturated rings. The molecule has 0 spiro atoms. The van der Waals surface area contributed by atoms with E-state index in [-0.39, 0.29) is 23.4 Å². The number of hydrogen-bond donors (Lipinski definition) is 2. The number of carboxylic acid groups (broad SMARTS) is 1. The normalized spacial score (nSPS) is 11.2. The maximum atomic E-state index is 14.3. The zero-order valence-corrected chi connectivity index (χ0v) is 26.7. The van der Waals surface area contributed by atoms with Gasteiger partial charge in [-0.2, -0.15) is 0 Å². The molecular formula is C40H35N3O5. The van der Waals surface area contributed by atoms with Gasteiger partial charge in [-0.1, -0.05) is 103 Å². The summed E-state index contributed by atoms with van der Waals surface area (Å²) < 4.78 is 8.36. The van der Waals surface area contributed by atoms with E-state index in [0.29, 0.717) is 34.8 Å². The minimum Gasteiger partial charge on any atom is -0.477 e. The van der Waals surface area contributed by atoms with E-state index in [0.717, 1.165) is 16.7 Å². The van der Waals surface area contributed by atoms with Crippen LogP contribution >= 0.6 is 0 Å². The Hall–Kier alpha value is -5.99. The molecule has 0 aliphatic heterocycles. The van der Waals surface area contributed by atoms with E-state index in [1.165, 1.54) is 13.1 Å². The molecule has 0 atom stereocenters. The number of nitrogens with one attached hydrogen (secondary N) is 1. The molecule has 0 aliphatic rings. The molecule has 6 rings (SSSR count). The van der Waals surface area contributed by atoms with Crippen LogP contribution in [-0.2, 0) is 17.9 Å². The molecule has 48 heavy (non-hydrogen) atoms. The Morgan fingerprint density at radius 3 is 1.96 bits per heavy atom. The van der Waals surface area contributed by atoms with Crippen LogP contribution < -0.4 is 15.5 Å². The van der Waals surface area contributed by atoms with Crippen LogP contribution in [0.15, 0.2) is 138 Å². The van der Waals surface area contributed by atoms with Crippen molar-refractivity contribution in [1.29, 1.82) is 0 Å². The summed E-state index contributed by atoms with van der Waals surface area (Å²) in [5, 5.41) is 13.4. The van der Waals surface area contributed by atoms with Gasteiger partial charge in [0.05, 0.1) is 22.6 Å². The van der Waals surface area contributed by atoms with Gasteiger partial charge in [0, 0.05) is 31.8 Å². The Balaban J connectivity index is 1.61. The number of anilines is 1. The second-order valence-corrected chi connectivity index (χ2v) is 11.7. The first-order chi connectivity index (χ1) is 23.3. The van der Waals surface area contributed by atoms with Crippen molar-refractivity contribution in [3.05, 3.63) is 172 Å². The molecule has 0 unspecified atom stereocenters. The summed E-state index contributed by atoms with van der Waals surface area (Å²) >= 11 is 0. The van der Waals surface area contributed by atoms with Crippen molar-refractivity contribution in [3.8, 4) is 11.5 Å². The lowest BCUT2D eigenvalue weighted by molar-refractivity contribution is -0.114. The van der Waals surface area contributed by atoms with Gasteiger partial charge < -0.3 is 19.7 Å². The number of para-hydroxylation sites is 2. The highest BCUT2D eigenvalue weighted by Crippen LogP contribution is 2.37. The number of carbonyl (C=O) groups is 2. The van der Waals surface area contributed by atoms with Crippen molar-refractivity contribution < 1.29 is 19.4 Å². The minimum atomic E-state index is -1.32. The van der Waals surface area contributed by atoms with Crippen LogP contribution in [0.2, 0.25) is 0 Å². The quantitative estimate of drug-likeness (QED) is 0.151. The SMILES string of the molecule is CC(=O)Nc1ccccc1Oc1ccc2c(c1CN(C)Cc1ccccc1)c(=O)c(C(=O)O)cn2C(c1ccccc1)c1ccccc1. The lowest BCUT2D eigenvalue weighted by Gasteiger charge is -2.27. The fraction of sp³-hybridized carbons (Fsp3) is 0.125. The van der Waals surface area contributed by atoms with E-state index in [2.05, 4.69) is 10.2 Å². The average Bonchev–Trinajstić information content (AvgIpc) is 3.08. The van der Waals surface area contributed by atoms with Crippen molar-refractivity contribution in [2.24, 2.45) is 0 Å². The molecule has 240 valence electrons. The van der Waals surface area contributed by atoms with Crippen LogP contribution in [0.4, 0.5) is 5.69 Å². The third-order valence-corrected chi connectivity index (χ3v) is 8.15. The molecule has 0 aliphatic carbocycles. The highest BCUT2D eigenvalue weighted by atomic mass is 16.5. The lowest BCUT2D eigenvalue weighted by Crippen LogP contribution is -2.25. The summed E-state index contributed by atoms with van der Waals surface area (Å²) in [6.07, 6.45) is 1.45. The largest absolute Gasteiger partial charge is 0.477 e. The molecule has 1 aromatic heterocycles. The van der Waals surface area contributed by atoms with Crippen molar-refractivity contribution in [2.75, 3.05) is 12.4 Å². The number of nitrogens with zero attached hydrogens (tertiary/aromatic N) is 2. The fourth-order valence-electron chi connectivity index (χ4n) is 6.08. The van der Waals surface area contributed by atoms with Gasteiger partial charge in [0.25, 0.3) is 0 Å². The van der Waals surface area contributed by atoms with Gasteiger partial charge in [0.1, 0.15) is 11.3 Å². The fourth-order valence-corrected chi connectivity index (χ4v) is 6.08. The average molecular weight is 638 g/mol. The highest BCUT2D eigenvalue weighted by molar-refractivity contribution is 5.95. The molecule has 0 bridgehead atoms. The molecule has 2 N–H and O–H groups in total. The summed E-state index contributed by atoms with van der Waals surface area (Å²) in [5.74, 6) is -0.807. The maximum Gasteiger partial charge on any atom is 0.341 e. The van der Waals surface area contributed by atoms with Gasteiger partial charge >= 0.3 is 5.97 Å². The van der Waals surface area contributed by atoms with E-state index in [9.17, 15) is 19.5 Å². The van der Waals surface area contributed by atoms with Crippen LogP contribution in [0.5, 0.6) is 11.5 Å². The van der Waals surface area contributed by atoms with Crippen molar-refractivity contribution in [1.82, 2.24) is 9.47 Å². The van der Waals surface area contributed by atoms with Crippen molar-refractivity contribution in [2.45, 2.75) is 26.1 Å². The van der Waals surface area contributed by atoms with Crippen molar-refractivity contribution in [3.63, 3.8) is 0 Å². The third kappa shape index (κ3) is 6.89. The first kappa shape index (κ1) is 32.0. The number of hydrogen-bond acceptors (Lipinski definition) is 5. The van der Waals surface area contributed by atoms with Crippen molar-refractivity contribution >= 4 is 28.5 Å². The molecule has 1 heterocycles. The monoisotopic (exact) mass is 637 g/mol. The number of aromatic nitrogens is 1. The molecule has 1 amide bonds. The molecular weight excluding hydrogens is 602 g/mol. The number of benzene rings is 5. The first-order valence-electron chi connectivity index (χ1n) is 15.6. The predicted molar refractivity (Wildman–Crippen MR) is 188 cm³/mol. The molecule has 0 saturated heterocycles. The standard InChI is InChI=1S/C40H35N3O5/c1-27(44)41-33-20-12-13-21-36(33)48-35-23-22-34-37(31(35)25-42(2)24-28-14-6-3-7-15-28)39(45)32(40(46)47)26-43(34)38(29-16-8-4-9-17-29)30-18-10-5-11-19-30/h3-23,26,38H,24-25H2,1-2H3,(H,41,44)(H,46,47). The number of aromatic carboxylic acids is 1. The Morgan fingerprint density at radius 1 is 0.771 bits per heavy atom. The summed E-state index contributed by atoms with van der Waals surface area (Å²) in [7, 11) is 1.94. The number of pyridine rings is 1. The topological polar surface area (TPSA) is 101 Å². The van der Waals surface area contributed by atoms with E-state index in [4.69, 9.17) is 4.74 Å². The predicted octanol–water partition coefficient (Wildman–Crippen LogP) is 7.72. The number of carboxylic acids is 1. The number of ether oxygens (including phenoxy) is 1. The first-order valence-corrected chi connectivity index (χ1v) is 15.6. The lowest BCUT2D eigenvalue weighted by atomic mass is 9.96. The van der Waals surface area contributed by atoms with Crippen LogP contribution in [0.3, 0.4) is 0 Å². The smallest absolute Gasteiger partial charge is 0.341 e. The second-order valence-electron chi connectivity index (χ2n) is 11.7. The van der Waals surface area contributed by atoms with Gasteiger partial charge in [0.15, 0.2) is 5.75 Å². The molecule has 8 nitrogen and oxygen atoms in total. The molecule has 0 radical (unpaired) electrons. The van der Waals surface area contributed by atoms with E-state index in [1.807, 2.05) is 109 Å². The zero-order valence-electron chi connectivity index (χ0n) is 26.7. The Morgan fingerprint density at radius 2 is 1.35 bits per heavy atom. The summed E-state index contributed by atoms with van der Waals surface area (Å²) in [5.41, 5.74) is 3.56. The molecule has 6 aromatic rings. The minimum absolute atomic E-state index is 0.251. The summed E-state index contributed by atoms with van der Waals surface area (Å²) in [6, 6.07) is 39.8. The molecule has 5 aromatic carbocycles. The third-order valence-electron chi connectivity index (χ3n) is 8.15. The number of fused-ring (bicyclic) bond motifs is 1. The van der Waals surface area contributed by atoms with E-state index in [1.54, 1.807) is 30.3 Å². The second kappa shape index (κ2) is 14.2. The van der Waals surface area contributed by atoms with E-state index < -0.39 is 17.4 Å². The Labute approximate surface area is 278 Å². The molecule has 8 heteroatoms. The van der Waals surface area contributed by atoms with Crippen LogP contribution in [-0.4, -0.2) is 33.5 Å². The summed E-state index contributed by atoms with van der Waals surface area (Å²) in [6.45, 7) is 2.26. The van der Waals surface area contributed by atoms with Crippen LogP contribution in [0, 0.1) is 0 Å². The highest BCUT2D eigenvalue weighted by Gasteiger charge is 2.26. The van der Waals surface area contributed by atoms with Crippen LogP contribution in [0.25, 0.3) is 10.9 Å². The molecule has 0 saturated carbocycles.